The van der Waals surface area contributed by atoms with Crippen molar-refractivity contribution in [1.29, 1.82) is 0 Å². The summed E-state index contributed by atoms with van der Waals surface area (Å²) in [5.41, 5.74) is 0. The summed E-state index contributed by atoms with van der Waals surface area (Å²) in [5.74, 6) is 0. The highest BCUT2D eigenvalue weighted by Gasteiger charge is 2.02. The highest BCUT2D eigenvalue weighted by Crippen LogP contribution is 1.93. The lowest BCUT2D eigenvalue weighted by Crippen LogP contribution is -2.30. The van der Waals surface area contributed by atoms with Gasteiger partial charge in [-0.05, 0) is 12.8 Å². The number of rotatable bonds is 6. The zero-order chi connectivity index (χ0) is 10.1. The van der Waals surface area contributed by atoms with Crippen molar-refractivity contribution in [3.8, 4) is 0 Å². The molecule has 13 heavy (non-hydrogen) atoms. The van der Waals surface area contributed by atoms with Gasteiger partial charge in [-0.1, -0.05) is 18.2 Å². The normalized spacial score (nSPS) is 12.7. The maximum Gasteiger partial charge on any atom is 0.404 e. The lowest BCUT2D eigenvalue weighted by Gasteiger charge is -2.06. The molecule has 0 aliphatic carbocycles. The molecule has 4 heteroatoms. The van der Waals surface area contributed by atoms with Gasteiger partial charge in [0.25, 0.3) is 0 Å². The van der Waals surface area contributed by atoms with Crippen LogP contribution < -0.4 is 5.32 Å². The Kier molecular flexibility index (Phi) is 6.63. The van der Waals surface area contributed by atoms with Crippen LogP contribution in [-0.4, -0.2) is 29.0 Å². The molecule has 0 saturated carbocycles. The maximum atomic E-state index is 10.0. The lowest BCUT2D eigenvalue weighted by molar-refractivity contribution is 0.159. The van der Waals surface area contributed by atoms with Gasteiger partial charge in [-0.25, -0.2) is 4.79 Å². The van der Waals surface area contributed by atoms with Gasteiger partial charge in [0.1, 0.15) is 0 Å². The molecule has 0 aliphatic rings. The third-order valence-corrected chi connectivity index (χ3v) is 1.37. The quantitative estimate of drug-likeness (QED) is 0.543. The molecule has 0 aromatic heterocycles. The molecule has 1 amide bonds. The van der Waals surface area contributed by atoms with Crippen molar-refractivity contribution in [2.45, 2.75) is 18.9 Å². The second-order valence-corrected chi connectivity index (χ2v) is 2.57. The summed E-state index contributed by atoms with van der Waals surface area (Å²) in [6.45, 7) is 3.60. The molecule has 0 spiro atoms. The first-order chi connectivity index (χ1) is 6.16. The van der Waals surface area contributed by atoms with Crippen molar-refractivity contribution in [1.82, 2.24) is 5.32 Å². The van der Waals surface area contributed by atoms with Gasteiger partial charge in [0.15, 0.2) is 0 Å². The molecule has 0 rings (SSSR count). The van der Waals surface area contributed by atoms with Crippen molar-refractivity contribution < 1.29 is 15.0 Å². The minimum Gasteiger partial charge on any atom is -0.465 e. The van der Waals surface area contributed by atoms with E-state index in [-0.39, 0.29) is 6.54 Å². The molecular weight excluding hydrogens is 170 g/mol. The summed E-state index contributed by atoms with van der Waals surface area (Å²) in [4.78, 5) is 10.0. The number of nitrogens with one attached hydrogen (secondary N) is 1. The fraction of sp³-hybridized carbons (Fsp3) is 0.444. The Hall–Kier alpha value is -1.29. The molecule has 0 bridgehead atoms. The van der Waals surface area contributed by atoms with Crippen LogP contribution in [0.5, 0.6) is 0 Å². The van der Waals surface area contributed by atoms with Crippen LogP contribution in [-0.2, 0) is 0 Å². The molecule has 0 aromatic carbocycles. The van der Waals surface area contributed by atoms with E-state index in [1.807, 2.05) is 6.08 Å². The van der Waals surface area contributed by atoms with E-state index in [0.29, 0.717) is 6.42 Å². The molecule has 0 saturated heterocycles. The summed E-state index contributed by atoms with van der Waals surface area (Å²) in [6.07, 6.45) is 4.87. The van der Waals surface area contributed by atoms with Crippen molar-refractivity contribution in [3.05, 3.63) is 24.8 Å². The van der Waals surface area contributed by atoms with E-state index >= 15 is 0 Å². The van der Waals surface area contributed by atoms with Gasteiger partial charge in [0.2, 0.25) is 0 Å². The Labute approximate surface area is 77.6 Å². The number of carboxylic acid groups (broad SMARTS) is 1. The van der Waals surface area contributed by atoms with Gasteiger partial charge in [-0.15, -0.1) is 6.58 Å². The Bertz CT molecular complexity index is 189. The van der Waals surface area contributed by atoms with E-state index in [1.54, 1.807) is 12.2 Å². The molecule has 1 atom stereocenters. The number of amides is 1. The van der Waals surface area contributed by atoms with Crippen LogP contribution in [0.2, 0.25) is 0 Å². The van der Waals surface area contributed by atoms with Crippen LogP contribution >= 0.6 is 0 Å². The first kappa shape index (κ1) is 11.7. The largest absolute Gasteiger partial charge is 0.465 e. The minimum atomic E-state index is -1.12. The molecule has 0 aromatic rings. The van der Waals surface area contributed by atoms with Gasteiger partial charge in [0.05, 0.1) is 6.10 Å². The zero-order valence-electron chi connectivity index (χ0n) is 7.44. The smallest absolute Gasteiger partial charge is 0.404 e. The predicted molar refractivity (Wildman–Crippen MR) is 50.6 cm³/mol. The first-order valence-corrected chi connectivity index (χ1v) is 4.07. The molecular formula is C9H15NO3. The van der Waals surface area contributed by atoms with Gasteiger partial charge < -0.3 is 15.5 Å². The van der Waals surface area contributed by atoms with Crippen LogP contribution in [0.4, 0.5) is 4.79 Å². The maximum absolute atomic E-state index is 10.0. The number of carbonyl (C=O) groups is 1. The average Bonchev–Trinajstić information content (AvgIpc) is 2.09. The van der Waals surface area contributed by atoms with Gasteiger partial charge in [0, 0.05) is 6.54 Å². The molecule has 0 heterocycles. The van der Waals surface area contributed by atoms with Crippen molar-refractivity contribution in [2.24, 2.45) is 0 Å². The van der Waals surface area contributed by atoms with Crippen LogP contribution in [0, 0.1) is 0 Å². The number of aliphatic hydroxyl groups excluding tert-OH is 1. The van der Waals surface area contributed by atoms with Gasteiger partial charge in [-0.3, -0.25) is 0 Å². The molecule has 0 aliphatic heterocycles. The van der Waals surface area contributed by atoms with E-state index < -0.39 is 12.2 Å². The summed E-state index contributed by atoms with van der Waals surface area (Å²) >= 11 is 0. The average molecular weight is 185 g/mol. The molecule has 1 unspecified atom stereocenters. The Balaban J connectivity index is 3.44. The van der Waals surface area contributed by atoms with Crippen LogP contribution in [0.1, 0.15) is 12.8 Å². The standard InChI is InChI=1S/C9H15NO3/c1-2-3-4-5-6-8(11)7-10-9(12)13/h2,4-5,8,10-11H,1,3,6-7H2,(H,12,13). The Morgan fingerprint density at radius 2 is 2.23 bits per heavy atom. The number of allylic oxidation sites excluding steroid dienone is 2. The zero-order valence-corrected chi connectivity index (χ0v) is 7.44. The number of aliphatic hydroxyl groups is 1. The summed E-state index contributed by atoms with van der Waals surface area (Å²) in [6, 6.07) is 0. The van der Waals surface area contributed by atoms with E-state index in [1.165, 1.54) is 0 Å². The molecule has 0 radical (unpaired) electrons. The SMILES string of the molecule is C=CCC=CCC(O)CNC(=O)O. The third kappa shape index (κ3) is 8.62. The predicted octanol–water partition coefficient (Wildman–Crippen LogP) is 1.14. The summed E-state index contributed by atoms with van der Waals surface area (Å²) in [5, 5.41) is 19.5. The van der Waals surface area contributed by atoms with Gasteiger partial charge in [-0.2, -0.15) is 0 Å². The molecule has 0 fully saturated rings. The topological polar surface area (TPSA) is 69.6 Å². The Morgan fingerprint density at radius 1 is 1.54 bits per heavy atom. The highest BCUT2D eigenvalue weighted by atomic mass is 16.4. The second kappa shape index (κ2) is 7.36. The molecule has 3 N–H and O–H groups in total. The van der Waals surface area contributed by atoms with Crippen LogP contribution in [0.15, 0.2) is 24.8 Å². The van der Waals surface area contributed by atoms with Crippen molar-refractivity contribution in [3.63, 3.8) is 0 Å². The fourth-order valence-electron chi connectivity index (χ4n) is 0.734. The minimum absolute atomic E-state index is 0.0633. The monoisotopic (exact) mass is 185 g/mol. The van der Waals surface area contributed by atoms with Crippen molar-refractivity contribution in [2.75, 3.05) is 6.54 Å². The summed E-state index contributed by atoms with van der Waals surface area (Å²) in [7, 11) is 0. The van der Waals surface area contributed by atoms with Gasteiger partial charge >= 0.3 is 6.09 Å². The Morgan fingerprint density at radius 3 is 2.77 bits per heavy atom. The highest BCUT2D eigenvalue weighted by molar-refractivity contribution is 5.64. The number of hydrogen-bond donors (Lipinski definition) is 3. The summed E-state index contributed by atoms with van der Waals surface area (Å²) < 4.78 is 0. The van der Waals surface area contributed by atoms with E-state index in [9.17, 15) is 9.90 Å². The van der Waals surface area contributed by atoms with Crippen LogP contribution in [0.3, 0.4) is 0 Å². The van der Waals surface area contributed by atoms with E-state index in [0.717, 1.165) is 6.42 Å². The molecule has 4 nitrogen and oxygen atoms in total. The first-order valence-electron chi connectivity index (χ1n) is 4.07. The van der Waals surface area contributed by atoms with E-state index in [4.69, 9.17) is 5.11 Å². The van der Waals surface area contributed by atoms with E-state index in [2.05, 4.69) is 11.9 Å². The van der Waals surface area contributed by atoms with Crippen LogP contribution in [0.25, 0.3) is 0 Å². The van der Waals surface area contributed by atoms with Crippen molar-refractivity contribution >= 4 is 6.09 Å². The fourth-order valence-corrected chi connectivity index (χ4v) is 0.734. The lowest BCUT2D eigenvalue weighted by atomic mass is 10.2. The molecule has 74 valence electrons. The third-order valence-electron chi connectivity index (χ3n) is 1.37. The number of hydrogen-bond acceptors (Lipinski definition) is 2. The second-order valence-electron chi connectivity index (χ2n) is 2.57.